The van der Waals surface area contributed by atoms with Gasteiger partial charge in [0.1, 0.15) is 0 Å². The summed E-state index contributed by atoms with van der Waals surface area (Å²) in [5, 5.41) is 12.6. The van der Waals surface area contributed by atoms with Gasteiger partial charge in [-0.3, -0.25) is 0 Å². The lowest BCUT2D eigenvalue weighted by Gasteiger charge is -2.19. The fourth-order valence-corrected chi connectivity index (χ4v) is 8.85. The van der Waals surface area contributed by atoms with Gasteiger partial charge in [-0.2, -0.15) is 0 Å². The van der Waals surface area contributed by atoms with Crippen molar-refractivity contribution in [1.29, 1.82) is 0 Å². The molecule has 1 heterocycles. The Labute approximate surface area is 307 Å². The van der Waals surface area contributed by atoms with E-state index in [2.05, 4.69) is 205 Å². The van der Waals surface area contributed by atoms with Crippen LogP contribution in [0.1, 0.15) is 0 Å². The molecule has 0 unspecified atom stereocenters. The number of nitrogens with zero attached hydrogens (tertiary/aromatic N) is 1. The molecule has 0 aliphatic carbocycles. The molecule has 10 aromatic carbocycles. The maximum Gasteiger partial charge on any atom is 0.0547 e. The van der Waals surface area contributed by atoms with Gasteiger partial charge in [-0.15, -0.1) is 0 Å². The van der Waals surface area contributed by atoms with E-state index in [-0.39, 0.29) is 0 Å². The quantitative estimate of drug-likeness (QED) is 0.164. The predicted octanol–water partition coefficient (Wildman–Crippen LogP) is 14.4. The zero-order valence-corrected chi connectivity index (χ0v) is 29.0. The summed E-state index contributed by atoms with van der Waals surface area (Å²) >= 11 is 0. The molecule has 11 rings (SSSR count). The molecule has 1 aromatic heterocycles. The predicted molar refractivity (Wildman–Crippen MR) is 227 cm³/mol. The summed E-state index contributed by atoms with van der Waals surface area (Å²) in [5.74, 6) is 0. The van der Waals surface area contributed by atoms with Gasteiger partial charge in [-0.1, -0.05) is 176 Å². The second-order valence-corrected chi connectivity index (χ2v) is 14.0. The van der Waals surface area contributed by atoms with Crippen molar-refractivity contribution >= 4 is 64.9 Å². The van der Waals surface area contributed by atoms with E-state index in [9.17, 15) is 0 Å². The van der Waals surface area contributed by atoms with Crippen LogP contribution in [0, 0.1) is 0 Å². The van der Waals surface area contributed by atoms with Crippen molar-refractivity contribution in [2.75, 3.05) is 0 Å². The number of benzene rings is 10. The van der Waals surface area contributed by atoms with E-state index >= 15 is 0 Å². The molecule has 246 valence electrons. The maximum atomic E-state index is 2.50. The fraction of sp³-hybridized carbons (Fsp3) is 0. The number of fused-ring (bicyclic) bond motifs is 8. The van der Waals surface area contributed by atoms with Gasteiger partial charge >= 0.3 is 0 Å². The molecule has 0 aliphatic rings. The zero-order valence-electron chi connectivity index (χ0n) is 29.0. The first-order chi connectivity index (χ1) is 26.3. The monoisotopic (exact) mass is 671 g/mol. The van der Waals surface area contributed by atoms with Crippen molar-refractivity contribution < 1.29 is 0 Å². The van der Waals surface area contributed by atoms with Crippen molar-refractivity contribution in [3.05, 3.63) is 200 Å². The van der Waals surface area contributed by atoms with Gasteiger partial charge in [-0.05, 0) is 101 Å². The molecule has 1 nitrogen and oxygen atoms in total. The third-order valence-electron chi connectivity index (χ3n) is 11.1. The standard InChI is InChI=1S/C52H33N/c1-3-16-36(17-4-1)50-43-23-11-12-24-44(43)51(37-18-5-2-6-19-37)47-33-39(28-30-45(47)50)53-48-31-27-35-15-8-10-22-42(35)52(48)46-29-26-38(32-49(46)53)41-25-13-20-34-14-7-9-21-40(34)41/h1-33H. The summed E-state index contributed by atoms with van der Waals surface area (Å²) in [6, 6.07) is 73.6. The molecule has 53 heavy (non-hydrogen) atoms. The Balaban J connectivity index is 1.28. The first kappa shape index (κ1) is 29.7. The minimum atomic E-state index is 1.15. The summed E-state index contributed by atoms with van der Waals surface area (Å²) in [5.41, 5.74) is 11.0. The number of aromatic nitrogens is 1. The van der Waals surface area contributed by atoms with Crippen LogP contribution in [0.3, 0.4) is 0 Å². The molecule has 11 aromatic rings. The summed E-state index contributed by atoms with van der Waals surface area (Å²) < 4.78 is 2.50. The van der Waals surface area contributed by atoms with Crippen LogP contribution in [0.25, 0.3) is 104 Å². The lowest BCUT2D eigenvalue weighted by molar-refractivity contribution is 1.19. The molecule has 0 fully saturated rings. The van der Waals surface area contributed by atoms with Crippen LogP contribution in [0.5, 0.6) is 0 Å². The smallest absolute Gasteiger partial charge is 0.0547 e. The van der Waals surface area contributed by atoms with Crippen molar-refractivity contribution in [3.63, 3.8) is 0 Å². The topological polar surface area (TPSA) is 4.93 Å². The highest BCUT2D eigenvalue weighted by Crippen LogP contribution is 2.46. The normalized spacial score (nSPS) is 11.8. The Hall–Kier alpha value is -6.96. The fourth-order valence-electron chi connectivity index (χ4n) is 8.85. The van der Waals surface area contributed by atoms with Crippen molar-refractivity contribution in [3.8, 4) is 39.1 Å². The first-order valence-corrected chi connectivity index (χ1v) is 18.4. The number of hydrogen-bond acceptors (Lipinski definition) is 0. The Bertz CT molecular complexity index is 3200. The van der Waals surface area contributed by atoms with E-state index in [1.165, 1.54) is 98.3 Å². The largest absolute Gasteiger partial charge is 0.309 e. The SMILES string of the molecule is c1ccc(-c2c3ccccc3c(-c3ccccc3)c3cc(-n4c5cc(-c6cccc7ccccc67)ccc5c5c6ccccc6ccc54)ccc23)cc1. The second kappa shape index (κ2) is 11.8. The maximum absolute atomic E-state index is 2.50. The average Bonchev–Trinajstić information content (AvgIpc) is 3.57. The van der Waals surface area contributed by atoms with Crippen molar-refractivity contribution in [1.82, 2.24) is 4.57 Å². The van der Waals surface area contributed by atoms with Gasteiger partial charge in [0, 0.05) is 16.5 Å². The summed E-state index contributed by atoms with van der Waals surface area (Å²) in [6.07, 6.45) is 0. The highest BCUT2D eigenvalue weighted by atomic mass is 15.0. The van der Waals surface area contributed by atoms with Crippen molar-refractivity contribution in [2.24, 2.45) is 0 Å². The van der Waals surface area contributed by atoms with Crippen LogP contribution in [0.4, 0.5) is 0 Å². The molecule has 1 heteroatoms. The van der Waals surface area contributed by atoms with Crippen molar-refractivity contribution in [2.45, 2.75) is 0 Å². The van der Waals surface area contributed by atoms with Crippen LogP contribution >= 0.6 is 0 Å². The van der Waals surface area contributed by atoms with E-state index in [1.807, 2.05) is 0 Å². The Kier molecular flexibility index (Phi) is 6.62. The summed E-state index contributed by atoms with van der Waals surface area (Å²) in [7, 11) is 0. The Morgan fingerprint density at radius 3 is 1.55 bits per heavy atom. The molecule has 0 radical (unpaired) electrons. The molecule has 0 spiro atoms. The van der Waals surface area contributed by atoms with E-state index in [1.54, 1.807) is 0 Å². The molecule has 0 saturated carbocycles. The molecule has 0 bridgehead atoms. The zero-order chi connectivity index (χ0) is 34.9. The van der Waals surface area contributed by atoms with Crippen LogP contribution < -0.4 is 0 Å². The van der Waals surface area contributed by atoms with Gasteiger partial charge in [-0.25, -0.2) is 0 Å². The molecule has 0 N–H and O–H groups in total. The van der Waals surface area contributed by atoms with Gasteiger partial charge in [0.15, 0.2) is 0 Å². The van der Waals surface area contributed by atoms with Gasteiger partial charge in [0.2, 0.25) is 0 Å². The number of rotatable bonds is 4. The highest BCUT2D eigenvalue weighted by Gasteiger charge is 2.20. The molecule has 0 aliphatic heterocycles. The van der Waals surface area contributed by atoms with Crippen LogP contribution in [0.15, 0.2) is 200 Å². The molecule has 0 atom stereocenters. The first-order valence-electron chi connectivity index (χ1n) is 18.4. The Morgan fingerprint density at radius 1 is 0.283 bits per heavy atom. The van der Waals surface area contributed by atoms with E-state index in [0.717, 1.165) is 5.69 Å². The molecule has 0 saturated heterocycles. The third-order valence-corrected chi connectivity index (χ3v) is 11.1. The lowest BCUT2D eigenvalue weighted by atomic mass is 9.86. The molecular weight excluding hydrogens is 639 g/mol. The third kappa shape index (κ3) is 4.58. The Morgan fingerprint density at radius 2 is 0.830 bits per heavy atom. The lowest BCUT2D eigenvalue weighted by Crippen LogP contribution is -1.96. The van der Waals surface area contributed by atoms with Crippen LogP contribution in [0.2, 0.25) is 0 Å². The van der Waals surface area contributed by atoms with E-state index in [0.29, 0.717) is 0 Å². The van der Waals surface area contributed by atoms with E-state index < -0.39 is 0 Å². The minimum Gasteiger partial charge on any atom is -0.309 e. The van der Waals surface area contributed by atoms with Gasteiger partial charge in [0.25, 0.3) is 0 Å². The average molecular weight is 672 g/mol. The molecular formula is C52H33N. The van der Waals surface area contributed by atoms with Crippen LogP contribution in [-0.4, -0.2) is 4.57 Å². The van der Waals surface area contributed by atoms with E-state index in [4.69, 9.17) is 0 Å². The number of hydrogen-bond donors (Lipinski definition) is 0. The summed E-state index contributed by atoms with van der Waals surface area (Å²) in [6.45, 7) is 0. The van der Waals surface area contributed by atoms with Gasteiger partial charge in [0.05, 0.1) is 11.0 Å². The van der Waals surface area contributed by atoms with Gasteiger partial charge < -0.3 is 4.57 Å². The molecule has 0 amide bonds. The minimum absolute atomic E-state index is 1.15. The summed E-state index contributed by atoms with van der Waals surface area (Å²) in [4.78, 5) is 0. The second-order valence-electron chi connectivity index (χ2n) is 14.0. The van der Waals surface area contributed by atoms with Crippen LogP contribution in [-0.2, 0) is 0 Å². The highest BCUT2D eigenvalue weighted by molar-refractivity contribution is 6.24.